The zero-order chi connectivity index (χ0) is 24.0. The molecule has 0 aliphatic rings. The van der Waals surface area contributed by atoms with Gasteiger partial charge >= 0.3 is 0 Å². The van der Waals surface area contributed by atoms with Gasteiger partial charge in [0, 0.05) is 17.8 Å². The minimum Gasteiger partial charge on any atom is -0.457 e. The Morgan fingerprint density at radius 3 is 2.31 bits per heavy atom. The molecule has 2 heterocycles. The van der Waals surface area contributed by atoms with E-state index in [-0.39, 0.29) is 23.0 Å². The van der Waals surface area contributed by atoms with Crippen LogP contribution in [0.5, 0.6) is 23.1 Å². The summed E-state index contributed by atoms with van der Waals surface area (Å²) in [5, 5.41) is 11.1. The van der Waals surface area contributed by atoms with E-state index in [0.29, 0.717) is 16.9 Å². The van der Waals surface area contributed by atoms with Crippen LogP contribution in [0.25, 0.3) is 11.2 Å². The van der Waals surface area contributed by atoms with Crippen molar-refractivity contribution in [2.24, 2.45) is 0 Å². The second kappa shape index (κ2) is 9.68. The van der Waals surface area contributed by atoms with Gasteiger partial charge in [-0.05, 0) is 60.5 Å². The summed E-state index contributed by atoms with van der Waals surface area (Å²) in [5.74, 6) is 7.84. The van der Waals surface area contributed by atoms with Gasteiger partial charge in [0.25, 0.3) is 11.6 Å². The Morgan fingerprint density at radius 1 is 0.743 bits per heavy atom. The standard InChI is InChI=1S/C27H16N4O4/c32-31(33)20-6-4-9-23(18-20)35-27-25(29-26-24(30-27)10-5-17-28-26)16-13-19-11-14-22(15-12-19)34-21-7-2-1-3-8-21/h1-12,14-15,17-18H. The van der Waals surface area contributed by atoms with Gasteiger partial charge in [0.05, 0.1) is 11.0 Å². The molecule has 168 valence electrons. The molecule has 0 N–H and O–H groups in total. The first-order valence-electron chi connectivity index (χ1n) is 10.5. The fourth-order valence-corrected chi connectivity index (χ4v) is 3.17. The minimum atomic E-state index is -0.491. The van der Waals surface area contributed by atoms with E-state index in [2.05, 4.69) is 26.8 Å². The van der Waals surface area contributed by atoms with Crippen molar-refractivity contribution < 1.29 is 14.4 Å². The molecule has 0 saturated heterocycles. The summed E-state index contributed by atoms with van der Waals surface area (Å²) >= 11 is 0. The number of fused-ring (bicyclic) bond motifs is 1. The molecule has 5 rings (SSSR count). The summed E-state index contributed by atoms with van der Waals surface area (Å²) in [6.45, 7) is 0. The number of hydrogen-bond acceptors (Lipinski definition) is 7. The Morgan fingerprint density at radius 2 is 1.51 bits per heavy atom. The molecule has 0 saturated carbocycles. The van der Waals surface area contributed by atoms with E-state index < -0.39 is 4.92 Å². The maximum absolute atomic E-state index is 11.1. The van der Waals surface area contributed by atoms with Crippen LogP contribution in [0.1, 0.15) is 11.3 Å². The zero-order valence-corrected chi connectivity index (χ0v) is 18.2. The first-order valence-corrected chi connectivity index (χ1v) is 10.5. The number of pyridine rings is 1. The lowest BCUT2D eigenvalue weighted by Crippen LogP contribution is -1.98. The second-order valence-electron chi connectivity index (χ2n) is 7.27. The molecule has 5 aromatic rings. The maximum Gasteiger partial charge on any atom is 0.273 e. The third kappa shape index (κ3) is 5.21. The Labute approximate surface area is 200 Å². The van der Waals surface area contributed by atoms with E-state index in [1.54, 1.807) is 24.4 Å². The van der Waals surface area contributed by atoms with Gasteiger partial charge in [0.1, 0.15) is 22.8 Å². The monoisotopic (exact) mass is 460 g/mol. The summed E-state index contributed by atoms with van der Waals surface area (Å²) in [7, 11) is 0. The lowest BCUT2D eigenvalue weighted by Gasteiger charge is -2.07. The largest absolute Gasteiger partial charge is 0.457 e. The van der Waals surface area contributed by atoms with Crippen LogP contribution in [0.2, 0.25) is 0 Å². The van der Waals surface area contributed by atoms with Crippen LogP contribution >= 0.6 is 0 Å². The first-order chi connectivity index (χ1) is 17.1. The molecule has 35 heavy (non-hydrogen) atoms. The fraction of sp³-hybridized carbons (Fsp3) is 0. The molecule has 0 atom stereocenters. The predicted octanol–water partition coefficient (Wildman–Crippen LogP) is 5.92. The van der Waals surface area contributed by atoms with E-state index in [4.69, 9.17) is 9.47 Å². The Balaban J connectivity index is 1.45. The minimum absolute atomic E-state index is 0.0941. The molecule has 0 fully saturated rings. The van der Waals surface area contributed by atoms with Crippen LogP contribution in [-0.4, -0.2) is 19.9 Å². The summed E-state index contributed by atoms with van der Waals surface area (Å²) in [5.41, 5.74) is 1.82. The smallest absolute Gasteiger partial charge is 0.273 e. The summed E-state index contributed by atoms with van der Waals surface area (Å²) in [6.07, 6.45) is 1.61. The number of benzene rings is 3. The van der Waals surface area contributed by atoms with Gasteiger partial charge in [-0.3, -0.25) is 10.1 Å². The highest BCUT2D eigenvalue weighted by Gasteiger charge is 2.13. The van der Waals surface area contributed by atoms with Gasteiger partial charge in [0.2, 0.25) is 0 Å². The van der Waals surface area contributed by atoms with Crippen molar-refractivity contribution in [3.63, 3.8) is 0 Å². The molecule has 0 unspecified atom stereocenters. The van der Waals surface area contributed by atoms with Gasteiger partial charge in [-0.1, -0.05) is 30.2 Å². The van der Waals surface area contributed by atoms with Crippen LogP contribution in [-0.2, 0) is 0 Å². The number of rotatable bonds is 5. The number of nitro groups is 1. The average Bonchev–Trinajstić information content (AvgIpc) is 2.89. The molecule has 0 radical (unpaired) electrons. The van der Waals surface area contributed by atoms with Gasteiger partial charge in [0.15, 0.2) is 11.3 Å². The number of non-ortho nitro benzene ring substituents is 1. The third-order valence-corrected chi connectivity index (χ3v) is 4.81. The number of nitro benzene ring substituents is 1. The Kier molecular flexibility index (Phi) is 5.96. The molecule has 0 spiro atoms. The summed E-state index contributed by atoms with van der Waals surface area (Å²) in [4.78, 5) is 23.8. The molecule has 0 aliphatic heterocycles. The van der Waals surface area contributed by atoms with E-state index in [1.165, 1.54) is 18.2 Å². The van der Waals surface area contributed by atoms with E-state index in [9.17, 15) is 10.1 Å². The lowest BCUT2D eigenvalue weighted by molar-refractivity contribution is -0.384. The van der Waals surface area contributed by atoms with Crippen LogP contribution in [0.15, 0.2) is 97.2 Å². The normalized spacial score (nSPS) is 10.3. The van der Waals surface area contributed by atoms with Crippen LogP contribution < -0.4 is 9.47 Å². The first kappa shape index (κ1) is 21.6. The summed E-state index contributed by atoms with van der Waals surface area (Å²) < 4.78 is 11.7. The predicted molar refractivity (Wildman–Crippen MR) is 129 cm³/mol. The third-order valence-electron chi connectivity index (χ3n) is 4.81. The van der Waals surface area contributed by atoms with Crippen molar-refractivity contribution in [1.29, 1.82) is 0 Å². The molecule has 8 heteroatoms. The lowest BCUT2D eigenvalue weighted by atomic mass is 10.2. The van der Waals surface area contributed by atoms with Crippen LogP contribution in [0, 0.1) is 22.0 Å². The highest BCUT2D eigenvalue weighted by atomic mass is 16.6. The zero-order valence-electron chi connectivity index (χ0n) is 18.2. The van der Waals surface area contributed by atoms with Gasteiger partial charge < -0.3 is 9.47 Å². The number of nitrogens with zero attached hydrogens (tertiary/aromatic N) is 4. The van der Waals surface area contributed by atoms with Crippen LogP contribution in [0.3, 0.4) is 0 Å². The molecule has 3 aromatic carbocycles. The molecule has 0 amide bonds. The molecular weight excluding hydrogens is 444 g/mol. The highest BCUT2D eigenvalue weighted by molar-refractivity contribution is 5.71. The second-order valence-corrected chi connectivity index (χ2v) is 7.27. The average molecular weight is 460 g/mol. The number of para-hydroxylation sites is 1. The molecule has 0 aliphatic carbocycles. The summed E-state index contributed by atoms with van der Waals surface area (Å²) in [6, 6.07) is 26.1. The van der Waals surface area contributed by atoms with E-state index in [0.717, 1.165) is 11.3 Å². The topological polar surface area (TPSA) is 100 Å². The van der Waals surface area contributed by atoms with Crippen molar-refractivity contribution in [3.8, 4) is 35.0 Å². The molecule has 8 nitrogen and oxygen atoms in total. The van der Waals surface area contributed by atoms with Crippen molar-refractivity contribution >= 4 is 16.9 Å². The molecular formula is C27H16N4O4. The van der Waals surface area contributed by atoms with Gasteiger partial charge in [-0.2, -0.15) is 0 Å². The van der Waals surface area contributed by atoms with E-state index >= 15 is 0 Å². The quantitative estimate of drug-likeness (QED) is 0.182. The SMILES string of the molecule is O=[N+]([O-])c1cccc(Oc2nc3cccnc3nc2C#Cc2ccc(Oc3ccccc3)cc2)c1. The van der Waals surface area contributed by atoms with Gasteiger partial charge in [-0.25, -0.2) is 15.0 Å². The maximum atomic E-state index is 11.1. The van der Waals surface area contributed by atoms with E-state index in [1.807, 2.05) is 54.6 Å². The Bertz CT molecular complexity index is 1580. The number of ether oxygens (including phenoxy) is 2. The van der Waals surface area contributed by atoms with Crippen molar-refractivity contribution in [3.05, 3.63) is 119 Å². The highest BCUT2D eigenvalue weighted by Crippen LogP contribution is 2.27. The fourth-order valence-electron chi connectivity index (χ4n) is 3.17. The Hall–Kier alpha value is -5.29. The van der Waals surface area contributed by atoms with Crippen molar-refractivity contribution in [1.82, 2.24) is 15.0 Å². The number of hydrogen-bond donors (Lipinski definition) is 0. The van der Waals surface area contributed by atoms with Crippen molar-refractivity contribution in [2.75, 3.05) is 0 Å². The molecule has 2 aromatic heterocycles. The van der Waals surface area contributed by atoms with Gasteiger partial charge in [-0.15, -0.1) is 0 Å². The number of aromatic nitrogens is 3. The van der Waals surface area contributed by atoms with Crippen LogP contribution in [0.4, 0.5) is 5.69 Å². The van der Waals surface area contributed by atoms with Crippen molar-refractivity contribution in [2.45, 2.75) is 0 Å². The molecule has 0 bridgehead atoms.